The number of cyclic esters (lactones) is 1. The van der Waals surface area contributed by atoms with Crippen LogP contribution in [0.25, 0.3) is 11.3 Å². The van der Waals surface area contributed by atoms with Gasteiger partial charge in [0.1, 0.15) is 5.25 Å². The molecule has 0 spiro atoms. The van der Waals surface area contributed by atoms with Gasteiger partial charge >= 0.3 is 5.97 Å². The standard InChI is InChI=1S/C16H18N2O2S/c1-3-18-13(12-6-4-11(2)5-7-12)10-17-16(18)21-14-8-9-20-15(14)19/h4-7,10,14H,3,8-9H2,1-2H3. The van der Waals surface area contributed by atoms with Crippen LogP contribution in [-0.4, -0.2) is 27.4 Å². The summed E-state index contributed by atoms with van der Waals surface area (Å²) in [5.41, 5.74) is 3.48. The van der Waals surface area contributed by atoms with E-state index in [-0.39, 0.29) is 11.2 Å². The molecule has 1 aliphatic rings. The molecule has 3 rings (SSSR count). The van der Waals surface area contributed by atoms with Crippen molar-refractivity contribution < 1.29 is 9.53 Å². The van der Waals surface area contributed by atoms with Crippen molar-refractivity contribution in [2.24, 2.45) is 0 Å². The molecule has 110 valence electrons. The van der Waals surface area contributed by atoms with Crippen LogP contribution in [0.15, 0.2) is 35.6 Å². The normalized spacial score (nSPS) is 18.0. The first-order valence-corrected chi connectivity index (χ1v) is 8.03. The van der Waals surface area contributed by atoms with Gasteiger partial charge in [0.2, 0.25) is 0 Å². The fourth-order valence-corrected chi connectivity index (χ4v) is 3.53. The second kappa shape index (κ2) is 5.93. The molecule has 1 aromatic carbocycles. The topological polar surface area (TPSA) is 44.1 Å². The van der Waals surface area contributed by atoms with Crippen LogP contribution in [0.3, 0.4) is 0 Å². The summed E-state index contributed by atoms with van der Waals surface area (Å²) in [5, 5.41) is 0.764. The summed E-state index contributed by atoms with van der Waals surface area (Å²) in [7, 11) is 0. The smallest absolute Gasteiger partial charge is 0.319 e. The van der Waals surface area contributed by atoms with E-state index in [1.54, 1.807) is 0 Å². The van der Waals surface area contributed by atoms with E-state index >= 15 is 0 Å². The number of benzene rings is 1. The van der Waals surface area contributed by atoms with Crippen LogP contribution < -0.4 is 0 Å². The number of imidazole rings is 1. The largest absolute Gasteiger partial charge is 0.465 e. The van der Waals surface area contributed by atoms with Gasteiger partial charge in [-0.1, -0.05) is 41.6 Å². The van der Waals surface area contributed by atoms with Gasteiger partial charge in [0.05, 0.1) is 18.5 Å². The minimum absolute atomic E-state index is 0.122. The van der Waals surface area contributed by atoms with Crippen molar-refractivity contribution in [3.63, 3.8) is 0 Å². The summed E-state index contributed by atoms with van der Waals surface area (Å²) in [6.45, 7) is 5.52. The van der Waals surface area contributed by atoms with E-state index in [1.165, 1.54) is 17.3 Å². The highest BCUT2D eigenvalue weighted by Crippen LogP contribution is 2.32. The van der Waals surface area contributed by atoms with E-state index in [4.69, 9.17) is 4.74 Å². The number of aryl methyl sites for hydroxylation is 1. The first-order valence-electron chi connectivity index (χ1n) is 7.15. The molecule has 21 heavy (non-hydrogen) atoms. The predicted molar refractivity (Wildman–Crippen MR) is 83.3 cm³/mol. The number of nitrogens with zero attached hydrogens (tertiary/aromatic N) is 2. The Kier molecular flexibility index (Phi) is 4.01. The zero-order chi connectivity index (χ0) is 14.8. The number of carbonyl (C=O) groups is 1. The van der Waals surface area contributed by atoms with Crippen LogP contribution in [0.2, 0.25) is 0 Å². The molecule has 0 bridgehead atoms. The molecular weight excluding hydrogens is 284 g/mol. The number of esters is 1. The highest BCUT2D eigenvalue weighted by molar-refractivity contribution is 8.00. The van der Waals surface area contributed by atoms with Gasteiger partial charge in [-0.2, -0.15) is 0 Å². The lowest BCUT2D eigenvalue weighted by atomic mass is 10.1. The molecule has 0 amide bonds. The summed E-state index contributed by atoms with van der Waals surface area (Å²) in [4.78, 5) is 16.1. The molecule has 1 fully saturated rings. The van der Waals surface area contributed by atoms with E-state index in [2.05, 4.69) is 47.7 Å². The van der Waals surface area contributed by atoms with Gasteiger partial charge in [0.15, 0.2) is 5.16 Å². The summed E-state index contributed by atoms with van der Waals surface area (Å²) in [6, 6.07) is 8.42. The molecule has 1 aliphatic heterocycles. The maximum atomic E-state index is 11.6. The van der Waals surface area contributed by atoms with E-state index in [0.29, 0.717) is 6.61 Å². The summed E-state index contributed by atoms with van der Waals surface area (Å²) < 4.78 is 7.17. The van der Waals surface area contributed by atoms with Crippen molar-refractivity contribution in [2.45, 2.75) is 37.2 Å². The Morgan fingerprint density at radius 1 is 1.38 bits per heavy atom. The van der Waals surface area contributed by atoms with Crippen molar-refractivity contribution in [3.8, 4) is 11.3 Å². The Bertz CT molecular complexity index is 649. The Morgan fingerprint density at radius 2 is 2.14 bits per heavy atom. The molecule has 0 saturated carbocycles. The van der Waals surface area contributed by atoms with Crippen molar-refractivity contribution in [3.05, 3.63) is 36.0 Å². The first-order chi connectivity index (χ1) is 10.2. The number of rotatable bonds is 4. The fraction of sp³-hybridized carbons (Fsp3) is 0.375. The second-order valence-corrected chi connectivity index (χ2v) is 6.27. The summed E-state index contributed by atoms with van der Waals surface area (Å²) in [6.07, 6.45) is 2.65. The number of thioether (sulfide) groups is 1. The van der Waals surface area contributed by atoms with Crippen molar-refractivity contribution >= 4 is 17.7 Å². The van der Waals surface area contributed by atoms with Crippen molar-refractivity contribution in [1.82, 2.24) is 9.55 Å². The molecule has 0 aliphatic carbocycles. The maximum Gasteiger partial charge on any atom is 0.319 e. The summed E-state index contributed by atoms with van der Waals surface area (Å²) >= 11 is 1.51. The Morgan fingerprint density at radius 3 is 2.76 bits per heavy atom. The van der Waals surface area contributed by atoms with Crippen molar-refractivity contribution in [2.75, 3.05) is 6.61 Å². The van der Waals surface area contributed by atoms with Gasteiger partial charge in [-0.25, -0.2) is 4.98 Å². The highest BCUT2D eigenvalue weighted by atomic mass is 32.2. The average molecular weight is 302 g/mol. The number of hydrogen-bond acceptors (Lipinski definition) is 4. The molecule has 4 nitrogen and oxygen atoms in total. The lowest BCUT2D eigenvalue weighted by Crippen LogP contribution is -2.11. The Hall–Kier alpha value is -1.75. The number of hydrogen-bond donors (Lipinski definition) is 0. The van der Waals surface area contributed by atoms with Gasteiger partial charge in [-0.3, -0.25) is 4.79 Å². The van der Waals surface area contributed by atoms with Crippen molar-refractivity contribution in [1.29, 1.82) is 0 Å². The maximum absolute atomic E-state index is 11.6. The van der Waals surface area contributed by atoms with E-state index in [1.807, 2.05) is 6.20 Å². The number of ether oxygens (including phenoxy) is 1. The second-order valence-electron chi connectivity index (χ2n) is 5.10. The van der Waals surface area contributed by atoms with Crippen LogP contribution in [0.5, 0.6) is 0 Å². The Labute approximate surface area is 128 Å². The SMILES string of the molecule is CCn1c(-c2ccc(C)cc2)cnc1SC1CCOC1=O. The summed E-state index contributed by atoms with van der Waals surface area (Å²) in [5.74, 6) is -0.123. The highest BCUT2D eigenvalue weighted by Gasteiger charge is 2.29. The molecule has 2 aromatic rings. The van der Waals surface area contributed by atoms with Crippen LogP contribution >= 0.6 is 11.8 Å². The molecule has 1 saturated heterocycles. The molecule has 1 atom stereocenters. The molecule has 0 radical (unpaired) electrons. The lowest BCUT2D eigenvalue weighted by Gasteiger charge is -2.11. The molecule has 1 aromatic heterocycles. The molecule has 0 N–H and O–H groups in total. The predicted octanol–water partition coefficient (Wildman–Crippen LogP) is 3.29. The Balaban J connectivity index is 1.89. The minimum atomic E-state index is -0.123. The van der Waals surface area contributed by atoms with Gasteiger partial charge in [0, 0.05) is 13.0 Å². The third kappa shape index (κ3) is 2.83. The van der Waals surface area contributed by atoms with Crippen LogP contribution in [0, 0.1) is 6.92 Å². The average Bonchev–Trinajstić information content (AvgIpc) is 3.07. The van der Waals surface area contributed by atoms with Gasteiger partial charge in [0.25, 0.3) is 0 Å². The van der Waals surface area contributed by atoms with E-state index < -0.39 is 0 Å². The van der Waals surface area contributed by atoms with Crippen LogP contribution in [-0.2, 0) is 16.1 Å². The lowest BCUT2D eigenvalue weighted by molar-refractivity contribution is -0.137. The number of carbonyl (C=O) groups excluding carboxylic acids is 1. The molecule has 2 heterocycles. The zero-order valence-electron chi connectivity index (χ0n) is 12.2. The van der Waals surface area contributed by atoms with Gasteiger partial charge in [-0.05, 0) is 19.4 Å². The van der Waals surface area contributed by atoms with Crippen LogP contribution in [0.4, 0.5) is 0 Å². The van der Waals surface area contributed by atoms with E-state index in [0.717, 1.165) is 29.4 Å². The van der Waals surface area contributed by atoms with E-state index in [9.17, 15) is 4.79 Å². The van der Waals surface area contributed by atoms with Gasteiger partial charge in [-0.15, -0.1) is 0 Å². The molecular formula is C16H18N2O2S. The molecule has 5 heteroatoms. The minimum Gasteiger partial charge on any atom is -0.465 e. The quantitative estimate of drug-likeness (QED) is 0.813. The number of aromatic nitrogens is 2. The molecule has 1 unspecified atom stereocenters. The first kappa shape index (κ1) is 14.2. The van der Waals surface area contributed by atoms with Crippen LogP contribution in [0.1, 0.15) is 18.9 Å². The third-order valence-electron chi connectivity index (χ3n) is 3.62. The fourth-order valence-electron chi connectivity index (χ4n) is 2.42. The zero-order valence-corrected chi connectivity index (χ0v) is 13.0. The monoisotopic (exact) mass is 302 g/mol. The third-order valence-corrected chi connectivity index (χ3v) is 4.87. The van der Waals surface area contributed by atoms with Gasteiger partial charge < -0.3 is 9.30 Å².